The Hall–Kier alpha value is -0.810. The van der Waals surface area contributed by atoms with Crippen molar-refractivity contribution in [2.24, 2.45) is 5.92 Å². The van der Waals surface area contributed by atoms with Crippen molar-refractivity contribution in [3.05, 3.63) is 0 Å². The van der Waals surface area contributed by atoms with Gasteiger partial charge in [0.05, 0.1) is 6.10 Å². The molecule has 5 nitrogen and oxygen atoms in total. The quantitative estimate of drug-likeness (QED) is 0.833. The van der Waals surface area contributed by atoms with Gasteiger partial charge in [-0.05, 0) is 59.5 Å². The van der Waals surface area contributed by atoms with Crippen molar-refractivity contribution < 1.29 is 9.90 Å². The molecule has 1 saturated heterocycles. The van der Waals surface area contributed by atoms with Crippen molar-refractivity contribution in [3.63, 3.8) is 0 Å². The maximum Gasteiger partial charge on any atom is 0.317 e. The fourth-order valence-electron chi connectivity index (χ4n) is 3.62. The SMILES string of the molecule is CC(O)C1CCCN(C(=O)NC2CCCC(N(C)C)C2)C1. The zero-order valence-corrected chi connectivity index (χ0v) is 13.7. The van der Waals surface area contributed by atoms with Crippen LogP contribution in [-0.4, -0.2) is 66.3 Å². The van der Waals surface area contributed by atoms with Gasteiger partial charge in [0.2, 0.25) is 0 Å². The predicted octanol–water partition coefficient (Wildman–Crippen LogP) is 1.66. The van der Waals surface area contributed by atoms with E-state index in [1.807, 2.05) is 11.8 Å². The van der Waals surface area contributed by atoms with Gasteiger partial charge < -0.3 is 20.2 Å². The van der Waals surface area contributed by atoms with Crippen LogP contribution < -0.4 is 5.32 Å². The van der Waals surface area contributed by atoms with E-state index in [0.717, 1.165) is 32.2 Å². The molecule has 0 spiro atoms. The van der Waals surface area contributed by atoms with Crippen molar-refractivity contribution in [1.29, 1.82) is 0 Å². The van der Waals surface area contributed by atoms with Crippen molar-refractivity contribution in [2.45, 2.75) is 63.6 Å². The van der Waals surface area contributed by atoms with E-state index in [1.165, 1.54) is 12.8 Å². The number of piperidine rings is 1. The molecule has 5 heteroatoms. The fourth-order valence-corrected chi connectivity index (χ4v) is 3.62. The average molecular weight is 297 g/mol. The summed E-state index contributed by atoms with van der Waals surface area (Å²) in [4.78, 5) is 16.6. The average Bonchev–Trinajstić information content (AvgIpc) is 2.47. The molecule has 0 aromatic rings. The largest absolute Gasteiger partial charge is 0.393 e. The van der Waals surface area contributed by atoms with Crippen LogP contribution in [0.4, 0.5) is 4.79 Å². The number of aliphatic hydroxyl groups is 1. The summed E-state index contributed by atoms with van der Waals surface area (Å²) in [6.07, 6.45) is 6.24. The number of hydrogen-bond acceptors (Lipinski definition) is 3. The van der Waals surface area contributed by atoms with Gasteiger partial charge >= 0.3 is 6.03 Å². The molecule has 2 amide bonds. The minimum absolute atomic E-state index is 0.0600. The number of carbonyl (C=O) groups excluding carboxylic acids is 1. The molecule has 4 unspecified atom stereocenters. The van der Waals surface area contributed by atoms with Gasteiger partial charge in [-0.2, -0.15) is 0 Å². The number of rotatable bonds is 3. The summed E-state index contributed by atoms with van der Waals surface area (Å²) in [6, 6.07) is 0.936. The first kappa shape index (κ1) is 16.6. The molecular weight excluding hydrogens is 266 g/mol. The second-order valence-electron chi connectivity index (χ2n) is 7.02. The molecule has 0 radical (unpaired) electrons. The second-order valence-corrected chi connectivity index (χ2v) is 7.02. The number of amides is 2. The van der Waals surface area contributed by atoms with E-state index in [-0.39, 0.29) is 18.1 Å². The van der Waals surface area contributed by atoms with Gasteiger partial charge in [-0.15, -0.1) is 0 Å². The first-order chi connectivity index (χ1) is 9.97. The maximum absolute atomic E-state index is 12.4. The smallest absolute Gasteiger partial charge is 0.317 e. The van der Waals surface area contributed by atoms with E-state index in [4.69, 9.17) is 0 Å². The number of nitrogens with zero attached hydrogens (tertiary/aromatic N) is 2. The van der Waals surface area contributed by atoms with Crippen molar-refractivity contribution >= 4 is 6.03 Å². The van der Waals surface area contributed by atoms with Gasteiger partial charge in [0.25, 0.3) is 0 Å². The standard InChI is InChI=1S/C16H31N3O2/c1-12(20)13-6-5-9-19(11-13)16(21)17-14-7-4-8-15(10-14)18(2)3/h12-15,20H,4-11H2,1-3H3,(H,17,21). The molecule has 2 aliphatic rings. The summed E-state index contributed by atoms with van der Waals surface area (Å²) in [5.74, 6) is 0.227. The summed E-state index contributed by atoms with van der Waals surface area (Å²) in [6.45, 7) is 3.33. The van der Waals surface area contributed by atoms with Gasteiger partial charge in [0, 0.05) is 31.1 Å². The third kappa shape index (κ3) is 4.58. The summed E-state index contributed by atoms with van der Waals surface area (Å²) >= 11 is 0. The summed E-state index contributed by atoms with van der Waals surface area (Å²) in [5.41, 5.74) is 0. The molecule has 0 aromatic carbocycles. The molecule has 122 valence electrons. The number of likely N-dealkylation sites (tertiary alicyclic amines) is 1. The van der Waals surface area contributed by atoms with E-state index in [9.17, 15) is 9.90 Å². The lowest BCUT2D eigenvalue weighted by Crippen LogP contribution is -2.52. The van der Waals surface area contributed by atoms with Crippen LogP contribution in [0, 0.1) is 5.92 Å². The molecule has 0 bridgehead atoms. The lowest BCUT2D eigenvalue weighted by Gasteiger charge is -2.37. The van der Waals surface area contributed by atoms with E-state index in [1.54, 1.807) is 0 Å². The molecule has 1 aliphatic heterocycles. The Bertz CT molecular complexity index is 346. The number of urea groups is 1. The molecule has 21 heavy (non-hydrogen) atoms. The van der Waals surface area contributed by atoms with E-state index in [0.29, 0.717) is 18.6 Å². The molecule has 1 heterocycles. The topological polar surface area (TPSA) is 55.8 Å². The lowest BCUT2D eigenvalue weighted by atomic mass is 9.90. The molecule has 0 aromatic heterocycles. The van der Waals surface area contributed by atoms with Crippen LogP contribution in [0.2, 0.25) is 0 Å². The first-order valence-electron chi connectivity index (χ1n) is 8.37. The Labute approximate surface area is 128 Å². The monoisotopic (exact) mass is 297 g/mol. The molecular formula is C16H31N3O2. The highest BCUT2D eigenvalue weighted by Crippen LogP contribution is 2.23. The summed E-state index contributed by atoms with van der Waals surface area (Å²) in [7, 11) is 4.24. The molecule has 2 N–H and O–H groups in total. The van der Waals surface area contributed by atoms with Crippen LogP contribution in [-0.2, 0) is 0 Å². The summed E-state index contributed by atoms with van der Waals surface area (Å²) < 4.78 is 0. The Morgan fingerprint density at radius 1 is 1.29 bits per heavy atom. The highest BCUT2D eigenvalue weighted by Gasteiger charge is 2.29. The van der Waals surface area contributed by atoms with Crippen LogP contribution in [0.25, 0.3) is 0 Å². The van der Waals surface area contributed by atoms with Crippen LogP contribution in [0.1, 0.15) is 45.4 Å². The first-order valence-corrected chi connectivity index (χ1v) is 8.37. The minimum Gasteiger partial charge on any atom is -0.393 e. The second kappa shape index (κ2) is 7.45. The predicted molar refractivity (Wildman–Crippen MR) is 84.2 cm³/mol. The van der Waals surface area contributed by atoms with Crippen LogP contribution >= 0.6 is 0 Å². The number of nitrogens with one attached hydrogen (secondary N) is 1. The highest BCUT2D eigenvalue weighted by molar-refractivity contribution is 5.74. The van der Waals surface area contributed by atoms with Gasteiger partial charge in [0.1, 0.15) is 0 Å². The van der Waals surface area contributed by atoms with Gasteiger partial charge in [-0.25, -0.2) is 4.79 Å². The van der Waals surface area contributed by atoms with Crippen molar-refractivity contribution in [1.82, 2.24) is 15.1 Å². The highest BCUT2D eigenvalue weighted by atomic mass is 16.3. The maximum atomic E-state index is 12.4. The van der Waals surface area contributed by atoms with Crippen molar-refractivity contribution in [3.8, 4) is 0 Å². The van der Waals surface area contributed by atoms with Crippen LogP contribution in [0.5, 0.6) is 0 Å². The third-order valence-electron chi connectivity index (χ3n) is 5.13. The molecule has 4 atom stereocenters. The van der Waals surface area contributed by atoms with Gasteiger partial charge in [0.15, 0.2) is 0 Å². The van der Waals surface area contributed by atoms with E-state index >= 15 is 0 Å². The molecule has 2 rings (SSSR count). The molecule has 1 saturated carbocycles. The Balaban J connectivity index is 1.83. The number of carbonyl (C=O) groups is 1. The van der Waals surface area contributed by atoms with E-state index in [2.05, 4.69) is 24.3 Å². The Morgan fingerprint density at radius 2 is 2.05 bits per heavy atom. The lowest BCUT2D eigenvalue weighted by molar-refractivity contribution is 0.0724. The van der Waals surface area contributed by atoms with E-state index < -0.39 is 0 Å². The van der Waals surface area contributed by atoms with Gasteiger partial charge in [-0.3, -0.25) is 0 Å². The minimum atomic E-state index is -0.326. The summed E-state index contributed by atoms with van der Waals surface area (Å²) in [5, 5.41) is 12.9. The Morgan fingerprint density at radius 3 is 2.71 bits per heavy atom. The van der Waals surface area contributed by atoms with Crippen LogP contribution in [0.15, 0.2) is 0 Å². The molecule has 1 aliphatic carbocycles. The zero-order chi connectivity index (χ0) is 15.4. The van der Waals surface area contributed by atoms with Crippen molar-refractivity contribution in [2.75, 3.05) is 27.2 Å². The zero-order valence-electron chi connectivity index (χ0n) is 13.7. The Kier molecular flexibility index (Phi) is 5.88. The number of aliphatic hydroxyl groups excluding tert-OH is 1. The fraction of sp³-hybridized carbons (Fsp3) is 0.938. The third-order valence-corrected chi connectivity index (χ3v) is 5.13. The molecule has 2 fully saturated rings. The normalized spacial score (nSPS) is 32.0. The van der Waals surface area contributed by atoms with Crippen LogP contribution in [0.3, 0.4) is 0 Å². The van der Waals surface area contributed by atoms with Gasteiger partial charge in [-0.1, -0.05) is 0 Å². The number of hydrogen-bond donors (Lipinski definition) is 2.